The van der Waals surface area contributed by atoms with Crippen LogP contribution in [0.15, 0.2) is 48.5 Å². The van der Waals surface area contributed by atoms with E-state index in [1.54, 1.807) is 12.1 Å². The number of hydrogen-bond donors (Lipinski definition) is 0. The maximum atomic E-state index is 13.5. The van der Waals surface area contributed by atoms with E-state index in [1.165, 1.54) is 12.1 Å². The SMILES string of the molecule is CC1CC(C)CN(C(=O)COC(=O)c2c3c(nc4ccccc24)C(=Cc2ccc(F)cc2)CCC3)C1. The average Bonchev–Trinajstić information content (AvgIpc) is 2.86. The summed E-state index contributed by atoms with van der Waals surface area (Å²) in [7, 11) is 0. The molecule has 186 valence electrons. The first-order chi connectivity index (χ1) is 17.4. The minimum atomic E-state index is -0.487. The van der Waals surface area contributed by atoms with Gasteiger partial charge in [0.25, 0.3) is 5.91 Å². The second-order valence-electron chi connectivity index (χ2n) is 10.2. The number of benzene rings is 2. The fourth-order valence-electron chi connectivity index (χ4n) is 5.63. The Kier molecular flexibility index (Phi) is 6.86. The van der Waals surface area contributed by atoms with Gasteiger partial charge in [-0.25, -0.2) is 14.2 Å². The van der Waals surface area contributed by atoms with Crippen LogP contribution in [0, 0.1) is 17.7 Å². The lowest BCUT2D eigenvalue weighted by atomic mass is 9.86. The van der Waals surface area contributed by atoms with E-state index in [9.17, 15) is 14.0 Å². The van der Waals surface area contributed by atoms with E-state index < -0.39 is 5.97 Å². The molecular formula is C30H31FN2O3. The van der Waals surface area contributed by atoms with Gasteiger partial charge >= 0.3 is 5.97 Å². The van der Waals surface area contributed by atoms with Gasteiger partial charge in [-0.2, -0.15) is 0 Å². The Hall–Kier alpha value is -3.54. The third kappa shape index (κ3) is 5.03. The van der Waals surface area contributed by atoms with Crippen molar-refractivity contribution in [1.82, 2.24) is 9.88 Å². The highest BCUT2D eigenvalue weighted by Crippen LogP contribution is 2.36. The van der Waals surface area contributed by atoms with Gasteiger partial charge in [0.05, 0.1) is 16.8 Å². The van der Waals surface area contributed by atoms with Gasteiger partial charge in [-0.05, 0) is 78.5 Å². The predicted octanol–water partition coefficient (Wildman–Crippen LogP) is 5.91. The molecule has 0 N–H and O–H groups in total. The number of para-hydroxylation sites is 1. The summed E-state index contributed by atoms with van der Waals surface area (Å²) >= 11 is 0. The highest BCUT2D eigenvalue weighted by Gasteiger charge is 2.29. The monoisotopic (exact) mass is 486 g/mol. The van der Waals surface area contributed by atoms with Crippen LogP contribution in [0.2, 0.25) is 0 Å². The number of allylic oxidation sites excluding steroid dienone is 1. The van der Waals surface area contributed by atoms with Crippen LogP contribution >= 0.6 is 0 Å². The molecule has 2 atom stereocenters. The van der Waals surface area contributed by atoms with Crippen molar-refractivity contribution in [2.75, 3.05) is 19.7 Å². The number of ether oxygens (including phenoxy) is 1. The van der Waals surface area contributed by atoms with Crippen LogP contribution in [0.5, 0.6) is 0 Å². The summed E-state index contributed by atoms with van der Waals surface area (Å²) in [6.07, 6.45) is 5.49. The van der Waals surface area contributed by atoms with Gasteiger partial charge in [0.1, 0.15) is 5.82 Å². The van der Waals surface area contributed by atoms with E-state index in [0.717, 1.165) is 47.0 Å². The van der Waals surface area contributed by atoms with Crippen molar-refractivity contribution in [2.24, 2.45) is 11.8 Å². The number of esters is 1. The van der Waals surface area contributed by atoms with Crippen molar-refractivity contribution in [1.29, 1.82) is 0 Å². The number of rotatable bonds is 4. The van der Waals surface area contributed by atoms with Crippen LogP contribution in [0.25, 0.3) is 22.6 Å². The molecule has 1 saturated heterocycles. The molecular weight excluding hydrogens is 455 g/mol. The zero-order valence-corrected chi connectivity index (χ0v) is 20.8. The maximum absolute atomic E-state index is 13.5. The Labute approximate surface area is 211 Å². The Morgan fingerprint density at radius 2 is 1.78 bits per heavy atom. The Balaban J connectivity index is 1.46. The molecule has 2 aromatic carbocycles. The van der Waals surface area contributed by atoms with Crippen molar-refractivity contribution in [3.05, 3.63) is 76.7 Å². The van der Waals surface area contributed by atoms with Gasteiger partial charge in [0, 0.05) is 18.5 Å². The minimum absolute atomic E-state index is 0.147. The number of carbonyl (C=O) groups is 2. The summed E-state index contributed by atoms with van der Waals surface area (Å²) in [4.78, 5) is 33.1. The fourth-order valence-corrected chi connectivity index (χ4v) is 5.63. The molecule has 36 heavy (non-hydrogen) atoms. The van der Waals surface area contributed by atoms with Crippen LogP contribution in [0.1, 0.15) is 60.3 Å². The van der Waals surface area contributed by atoms with Crippen LogP contribution < -0.4 is 0 Å². The van der Waals surface area contributed by atoms with E-state index in [-0.39, 0.29) is 18.3 Å². The molecule has 0 bridgehead atoms. The topological polar surface area (TPSA) is 59.5 Å². The van der Waals surface area contributed by atoms with Gasteiger partial charge in [-0.1, -0.05) is 44.2 Å². The van der Waals surface area contributed by atoms with E-state index in [4.69, 9.17) is 9.72 Å². The molecule has 1 amide bonds. The molecule has 2 heterocycles. The molecule has 0 spiro atoms. The molecule has 0 radical (unpaired) electrons. The lowest BCUT2D eigenvalue weighted by Gasteiger charge is -2.34. The number of nitrogens with zero attached hydrogens (tertiary/aromatic N) is 2. The number of amides is 1. The highest BCUT2D eigenvalue weighted by atomic mass is 19.1. The second kappa shape index (κ2) is 10.2. The van der Waals surface area contributed by atoms with Crippen LogP contribution in [-0.4, -0.2) is 41.5 Å². The number of fused-ring (bicyclic) bond motifs is 2. The Morgan fingerprint density at radius 1 is 1.06 bits per heavy atom. The second-order valence-corrected chi connectivity index (χ2v) is 10.2. The molecule has 1 aromatic heterocycles. The number of pyridine rings is 1. The number of likely N-dealkylation sites (tertiary alicyclic amines) is 1. The minimum Gasteiger partial charge on any atom is -0.452 e. The van der Waals surface area contributed by atoms with Gasteiger partial charge in [-0.3, -0.25) is 4.79 Å². The Bertz CT molecular complexity index is 1320. The zero-order chi connectivity index (χ0) is 25.2. The van der Waals surface area contributed by atoms with Gasteiger partial charge in [0.2, 0.25) is 0 Å². The molecule has 2 unspecified atom stereocenters. The van der Waals surface area contributed by atoms with Crippen LogP contribution in [0.4, 0.5) is 4.39 Å². The van der Waals surface area contributed by atoms with Crippen LogP contribution in [0.3, 0.4) is 0 Å². The van der Waals surface area contributed by atoms with Crippen molar-refractivity contribution in [3.8, 4) is 0 Å². The fraction of sp³-hybridized carbons (Fsp3) is 0.367. The molecule has 0 saturated carbocycles. The molecule has 2 aliphatic rings. The van der Waals surface area contributed by atoms with Crippen LogP contribution in [-0.2, 0) is 16.0 Å². The largest absolute Gasteiger partial charge is 0.452 e. The first kappa shape index (κ1) is 24.2. The number of hydrogen-bond acceptors (Lipinski definition) is 4. The lowest BCUT2D eigenvalue weighted by Crippen LogP contribution is -2.44. The summed E-state index contributed by atoms with van der Waals surface area (Å²) < 4.78 is 19.0. The molecule has 3 aromatic rings. The molecule has 1 aliphatic heterocycles. The normalized spacial score (nSPS) is 20.9. The first-order valence-electron chi connectivity index (χ1n) is 12.7. The van der Waals surface area contributed by atoms with Crippen molar-refractivity contribution < 1.29 is 18.7 Å². The maximum Gasteiger partial charge on any atom is 0.339 e. The lowest BCUT2D eigenvalue weighted by molar-refractivity contribution is -0.137. The third-order valence-corrected chi connectivity index (χ3v) is 7.13. The van der Waals surface area contributed by atoms with Gasteiger partial charge in [-0.15, -0.1) is 0 Å². The zero-order valence-electron chi connectivity index (χ0n) is 20.8. The van der Waals surface area contributed by atoms with Gasteiger partial charge in [0.15, 0.2) is 6.61 Å². The summed E-state index contributed by atoms with van der Waals surface area (Å²) in [5.74, 6) is -0.0321. The molecule has 5 rings (SSSR count). The molecule has 5 nitrogen and oxygen atoms in total. The molecule has 1 fully saturated rings. The highest BCUT2D eigenvalue weighted by molar-refractivity contribution is 6.07. The summed E-state index contributed by atoms with van der Waals surface area (Å²) in [6, 6.07) is 13.9. The summed E-state index contributed by atoms with van der Waals surface area (Å²) in [6.45, 7) is 5.43. The van der Waals surface area contributed by atoms with Crippen molar-refractivity contribution >= 4 is 34.4 Å². The molecule has 1 aliphatic carbocycles. The van der Waals surface area contributed by atoms with E-state index in [0.29, 0.717) is 42.4 Å². The van der Waals surface area contributed by atoms with Gasteiger partial charge < -0.3 is 9.64 Å². The van der Waals surface area contributed by atoms with E-state index >= 15 is 0 Å². The van der Waals surface area contributed by atoms with Crippen molar-refractivity contribution in [3.63, 3.8) is 0 Å². The number of aromatic nitrogens is 1. The van der Waals surface area contributed by atoms with E-state index in [2.05, 4.69) is 13.8 Å². The number of piperidine rings is 1. The van der Waals surface area contributed by atoms with Crippen molar-refractivity contribution in [2.45, 2.75) is 39.5 Å². The Morgan fingerprint density at radius 3 is 2.53 bits per heavy atom. The average molecular weight is 487 g/mol. The summed E-state index contributed by atoms with van der Waals surface area (Å²) in [5.41, 5.74) is 4.73. The first-order valence-corrected chi connectivity index (χ1v) is 12.7. The number of halogens is 1. The predicted molar refractivity (Wildman–Crippen MR) is 139 cm³/mol. The number of carbonyl (C=O) groups excluding carboxylic acids is 2. The molecule has 6 heteroatoms. The summed E-state index contributed by atoms with van der Waals surface area (Å²) in [5, 5.41) is 0.733. The standard InChI is InChI=1S/C30H31FN2O3/c1-19-14-20(2)17-33(16-19)27(34)18-36-30(35)28-24-7-3-4-9-26(24)32-29-22(6-5-8-25(28)29)15-21-10-12-23(31)13-11-21/h3-4,7,9-13,15,19-20H,5-6,8,14,16-18H2,1-2H3. The van der Waals surface area contributed by atoms with E-state index in [1.807, 2.05) is 35.2 Å². The quantitative estimate of drug-likeness (QED) is 0.430. The third-order valence-electron chi connectivity index (χ3n) is 7.13. The smallest absolute Gasteiger partial charge is 0.339 e.